The molecular weight excluding hydrogens is 276 g/mol. The molecule has 3 aromatic rings. The second kappa shape index (κ2) is 6.26. The van der Waals surface area contributed by atoms with Crippen molar-refractivity contribution in [2.75, 3.05) is 0 Å². The molecule has 1 N–H and O–H groups in total. The number of nitrogens with zero attached hydrogens (tertiary/aromatic N) is 2. The minimum atomic E-state index is -0.822. The Bertz CT molecular complexity index is 779. The molecule has 0 radical (unpaired) electrons. The summed E-state index contributed by atoms with van der Waals surface area (Å²) in [5, 5.41) is 13.3. The Morgan fingerprint density at radius 2 is 1.77 bits per heavy atom. The Balaban J connectivity index is 1.80. The second-order valence-electron chi connectivity index (χ2n) is 5.18. The van der Waals surface area contributed by atoms with E-state index in [-0.39, 0.29) is 6.42 Å². The highest BCUT2D eigenvalue weighted by molar-refractivity contribution is 5.71. The first kappa shape index (κ1) is 14.1. The molecular formula is C18H16N2O2. The Kier molecular flexibility index (Phi) is 4.01. The number of carboxylic acid groups (broad SMARTS) is 1. The molecule has 1 aromatic heterocycles. The van der Waals surface area contributed by atoms with Gasteiger partial charge in [0.05, 0.1) is 19.2 Å². The minimum absolute atomic E-state index is 0.0337. The van der Waals surface area contributed by atoms with Crippen LogP contribution in [0.4, 0.5) is 0 Å². The molecule has 110 valence electrons. The highest BCUT2D eigenvalue weighted by Gasteiger charge is 2.05. The summed E-state index contributed by atoms with van der Waals surface area (Å²) in [5.41, 5.74) is 3.96. The van der Waals surface area contributed by atoms with E-state index < -0.39 is 5.97 Å². The monoisotopic (exact) mass is 292 g/mol. The molecule has 3 rings (SSSR count). The van der Waals surface area contributed by atoms with Crippen LogP contribution in [-0.2, 0) is 17.8 Å². The number of carboxylic acids is 1. The number of benzene rings is 2. The molecule has 1 heterocycles. The van der Waals surface area contributed by atoms with E-state index in [1.54, 1.807) is 0 Å². The summed E-state index contributed by atoms with van der Waals surface area (Å²) in [6.45, 7) is 0.718. The fraction of sp³-hybridized carbons (Fsp3) is 0.111. The maximum absolute atomic E-state index is 10.8. The lowest BCUT2D eigenvalue weighted by atomic mass is 10.0. The summed E-state index contributed by atoms with van der Waals surface area (Å²) >= 11 is 0. The van der Waals surface area contributed by atoms with Crippen molar-refractivity contribution in [3.63, 3.8) is 0 Å². The zero-order chi connectivity index (χ0) is 15.4. The van der Waals surface area contributed by atoms with Crippen molar-refractivity contribution in [3.05, 3.63) is 78.1 Å². The van der Waals surface area contributed by atoms with Gasteiger partial charge in [0.1, 0.15) is 0 Å². The van der Waals surface area contributed by atoms with Crippen LogP contribution in [0.3, 0.4) is 0 Å². The Morgan fingerprint density at radius 1 is 1.00 bits per heavy atom. The van der Waals surface area contributed by atoms with Crippen LogP contribution in [-0.4, -0.2) is 20.9 Å². The van der Waals surface area contributed by atoms with Gasteiger partial charge in [-0.2, -0.15) is 5.10 Å². The van der Waals surface area contributed by atoms with Crippen LogP contribution in [0.25, 0.3) is 11.1 Å². The highest BCUT2D eigenvalue weighted by atomic mass is 16.4. The molecule has 4 heteroatoms. The smallest absolute Gasteiger partial charge is 0.307 e. The van der Waals surface area contributed by atoms with Gasteiger partial charge >= 0.3 is 5.97 Å². The van der Waals surface area contributed by atoms with Crippen molar-refractivity contribution in [1.82, 2.24) is 9.78 Å². The lowest BCUT2D eigenvalue weighted by Gasteiger charge is -2.02. The van der Waals surface area contributed by atoms with Crippen molar-refractivity contribution in [1.29, 1.82) is 0 Å². The fourth-order valence-electron chi connectivity index (χ4n) is 2.41. The summed E-state index contributed by atoms with van der Waals surface area (Å²) in [6, 6.07) is 17.7. The van der Waals surface area contributed by atoms with Crippen LogP contribution in [0.2, 0.25) is 0 Å². The van der Waals surface area contributed by atoms with E-state index in [4.69, 9.17) is 5.11 Å². The van der Waals surface area contributed by atoms with Gasteiger partial charge in [0, 0.05) is 11.8 Å². The lowest BCUT2D eigenvalue weighted by Crippen LogP contribution is -2.00. The first-order chi connectivity index (χ1) is 10.7. The van der Waals surface area contributed by atoms with Gasteiger partial charge in [0.2, 0.25) is 0 Å². The van der Waals surface area contributed by atoms with Crippen molar-refractivity contribution >= 4 is 5.97 Å². The number of rotatable bonds is 5. The fourth-order valence-corrected chi connectivity index (χ4v) is 2.41. The molecule has 0 aliphatic carbocycles. The number of hydrogen-bond acceptors (Lipinski definition) is 2. The van der Waals surface area contributed by atoms with Crippen LogP contribution in [0.5, 0.6) is 0 Å². The quantitative estimate of drug-likeness (QED) is 0.785. The number of aromatic nitrogens is 2. The van der Waals surface area contributed by atoms with Gasteiger partial charge in [-0.3, -0.25) is 9.48 Å². The molecule has 0 amide bonds. The van der Waals surface area contributed by atoms with Crippen LogP contribution in [0.1, 0.15) is 11.1 Å². The molecule has 0 aliphatic rings. The predicted octanol–water partition coefficient (Wildman–Crippen LogP) is 3.23. The second-order valence-corrected chi connectivity index (χ2v) is 5.18. The Morgan fingerprint density at radius 3 is 2.55 bits per heavy atom. The van der Waals surface area contributed by atoms with Gasteiger partial charge in [-0.1, -0.05) is 54.6 Å². The van der Waals surface area contributed by atoms with Crippen LogP contribution < -0.4 is 0 Å². The van der Waals surface area contributed by atoms with Crippen LogP contribution in [0, 0.1) is 0 Å². The largest absolute Gasteiger partial charge is 0.481 e. The van der Waals surface area contributed by atoms with Gasteiger partial charge in [-0.15, -0.1) is 0 Å². The molecule has 4 nitrogen and oxygen atoms in total. The van der Waals surface area contributed by atoms with E-state index in [0.29, 0.717) is 0 Å². The van der Waals surface area contributed by atoms with Gasteiger partial charge in [-0.25, -0.2) is 0 Å². The van der Waals surface area contributed by atoms with E-state index >= 15 is 0 Å². The third-order valence-electron chi connectivity index (χ3n) is 3.44. The first-order valence-electron chi connectivity index (χ1n) is 7.08. The van der Waals surface area contributed by atoms with E-state index in [2.05, 4.69) is 17.2 Å². The Hall–Kier alpha value is -2.88. The van der Waals surface area contributed by atoms with Gasteiger partial charge in [0.25, 0.3) is 0 Å². The molecule has 2 aromatic carbocycles. The average molecular weight is 292 g/mol. The standard InChI is InChI=1S/C18H16N2O2/c21-18(22)10-15-7-4-8-16(9-15)17-11-19-20(13-17)12-14-5-2-1-3-6-14/h1-9,11,13H,10,12H2,(H,21,22). The molecule has 0 atom stereocenters. The lowest BCUT2D eigenvalue weighted by molar-refractivity contribution is -0.136. The molecule has 0 spiro atoms. The number of hydrogen-bond donors (Lipinski definition) is 1. The van der Waals surface area contributed by atoms with Crippen molar-refractivity contribution in [2.45, 2.75) is 13.0 Å². The predicted molar refractivity (Wildman–Crippen MR) is 84.5 cm³/mol. The van der Waals surface area contributed by atoms with E-state index in [1.807, 2.05) is 59.5 Å². The maximum atomic E-state index is 10.8. The molecule has 0 aliphatic heterocycles. The zero-order valence-electron chi connectivity index (χ0n) is 12.0. The third kappa shape index (κ3) is 3.41. The highest BCUT2D eigenvalue weighted by Crippen LogP contribution is 2.20. The summed E-state index contributed by atoms with van der Waals surface area (Å²) in [4.78, 5) is 10.8. The number of carbonyl (C=O) groups is 1. The molecule has 0 saturated heterocycles. The van der Waals surface area contributed by atoms with Crippen molar-refractivity contribution in [2.24, 2.45) is 0 Å². The van der Waals surface area contributed by atoms with Crippen molar-refractivity contribution in [3.8, 4) is 11.1 Å². The van der Waals surface area contributed by atoms with Crippen LogP contribution >= 0.6 is 0 Å². The van der Waals surface area contributed by atoms with E-state index in [0.717, 1.165) is 23.2 Å². The van der Waals surface area contributed by atoms with Crippen molar-refractivity contribution < 1.29 is 9.90 Å². The van der Waals surface area contributed by atoms with Gasteiger partial charge in [0.15, 0.2) is 0 Å². The summed E-state index contributed by atoms with van der Waals surface area (Å²) in [7, 11) is 0. The van der Waals surface area contributed by atoms with Gasteiger partial charge in [-0.05, 0) is 16.7 Å². The topological polar surface area (TPSA) is 55.1 Å². The normalized spacial score (nSPS) is 10.5. The zero-order valence-corrected chi connectivity index (χ0v) is 12.0. The summed E-state index contributed by atoms with van der Waals surface area (Å²) < 4.78 is 1.88. The summed E-state index contributed by atoms with van der Waals surface area (Å²) in [6.07, 6.45) is 3.82. The molecule has 0 saturated carbocycles. The minimum Gasteiger partial charge on any atom is -0.481 e. The Labute approximate surface area is 128 Å². The number of aliphatic carboxylic acids is 1. The summed E-state index contributed by atoms with van der Waals surface area (Å²) in [5.74, 6) is -0.822. The maximum Gasteiger partial charge on any atom is 0.307 e. The molecule has 0 bridgehead atoms. The van der Waals surface area contributed by atoms with Crippen LogP contribution in [0.15, 0.2) is 67.0 Å². The first-order valence-corrected chi connectivity index (χ1v) is 7.08. The third-order valence-corrected chi connectivity index (χ3v) is 3.44. The van der Waals surface area contributed by atoms with E-state index in [9.17, 15) is 4.79 Å². The molecule has 22 heavy (non-hydrogen) atoms. The van der Waals surface area contributed by atoms with E-state index in [1.165, 1.54) is 5.56 Å². The molecule has 0 fully saturated rings. The SMILES string of the molecule is O=C(O)Cc1cccc(-c2cnn(Cc3ccccc3)c2)c1. The van der Waals surface area contributed by atoms with Gasteiger partial charge < -0.3 is 5.11 Å². The average Bonchev–Trinajstić information content (AvgIpc) is 2.96. The molecule has 0 unspecified atom stereocenters.